The molecule has 1 aromatic rings. The van der Waals surface area contributed by atoms with Crippen molar-refractivity contribution in [2.75, 3.05) is 6.54 Å². The quantitative estimate of drug-likeness (QED) is 0.823. The van der Waals surface area contributed by atoms with E-state index in [-0.39, 0.29) is 12.4 Å². The lowest BCUT2D eigenvalue weighted by Crippen LogP contribution is -2.17. The van der Waals surface area contributed by atoms with Crippen molar-refractivity contribution in [1.82, 2.24) is 4.90 Å². The van der Waals surface area contributed by atoms with Gasteiger partial charge >= 0.3 is 5.97 Å². The van der Waals surface area contributed by atoms with Crippen molar-refractivity contribution in [3.8, 4) is 0 Å². The van der Waals surface area contributed by atoms with Gasteiger partial charge in [-0.05, 0) is 30.5 Å². The molecule has 1 aliphatic rings. The van der Waals surface area contributed by atoms with E-state index in [0.29, 0.717) is 6.42 Å². The van der Waals surface area contributed by atoms with Crippen LogP contribution in [0.1, 0.15) is 30.4 Å². The average Bonchev–Trinajstić information content (AvgIpc) is 2.66. The third-order valence-electron chi connectivity index (χ3n) is 3.02. The van der Waals surface area contributed by atoms with E-state index < -0.39 is 5.97 Å². The van der Waals surface area contributed by atoms with Gasteiger partial charge in [-0.25, -0.2) is 0 Å². The highest BCUT2D eigenvalue weighted by Crippen LogP contribution is 2.22. The summed E-state index contributed by atoms with van der Waals surface area (Å²) in [6.07, 6.45) is 2.04. The van der Waals surface area contributed by atoms with Crippen molar-refractivity contribution in [2.45, 2.75) is 32.4 Å². The number of carboxylic acids is 1. The summed E-state index contributed by atoms with van der Waals surface area (Å²) in [6, 6.07) is 8.50. The van der Waals surface area contributed by atoms with Crippen LogP contribution < -0.4 is 0 Å². The fraction of sp³-hybridized carbons (Fsp3) is 0.462. The summed E-state index contributed by atoms with van der Waals surface area (Å²) in [7, 11) is 0. The largest absolute Gasteiger partial charge is 0.481 e. The molecule has 17 heavy (non-hydrogen) atoms. The highest BCUT2D eigenvalue weighted by Gasteiger charge is 2.17. The predicted octanol–water partition coefficient (Wildman–Crippen LogP) is 2.68. The second kappa shape index (κ2) is 6.62. The second-order valence-corrected chi connectivity index (χ2v) is 4.33. The maximum Gasteiger partial charge on any atom is 0.303 e. The fourth-order valence-corrected chi connectivity index (χ4v) is 2.17. The first-order valence-electron chi connectivity index (χ1n) is 5.76. The van der Waals surface area contributed by atoms with Gasteiger partial charge in [-0.1, -0.05) is 24.3 Å². The van der Waals surface area contributed by atoms with E-state index in [4.69, 9.17) is 5.11 Å². The third-order valence-corrected chi connectivity index (χ3v) is 3.02. The number of carboxylic acid groups (broad SMARTS) is 1. The van der Waals surface area contributed by atoms with Crippen molar-refractivity contribution in [2.24, 2.45) is 0 Å². The lowest BCUT2D eigenvalue weighted by atomic mass is 10.1. The molecule has 0 unspecified atom stereocenters. The molecule has 1 aliphatic heterocycles. The van der Waals surface area contributed by atoms with Gasteiger partial charge in [0.15, 0.2) is 0 Å². The van der Waals surface area contributed by atoms with Crippen LogP contribution >= 0.6 is 12.4 Å². The van der Waals surface area contributed by atoms with Gasteiger partial charge in [0.05, 0.1) is 0 Å². The van der Waals surface area contributed by atoms with E-state index in [1.807, 2.05) is 0 Å². The molecule has 4 heteroatoms. The molecule has 0 bridgehead atoms. The number of hydrogen-bond acceptors (Lipinski definition) is 2. The molecule has 0 aromatic heterocycles. The molecular formula is C13H18ClNO2. The molecule has 0 saturated carbocycles. The molecule has 0 atom stereocenters. The summed E-state index contributed by atoms with van der Waals surface area (Å²) in [5.41, 5.74) is 2.83. The Labute approximate surface area is 108 Å². The van der Waals surface area contributed by atoms with Gasteiger partial charge in [-0.15, -0.1) is 12.4 Å². The number of hydrogen-bond donors (Lipinski definition) is 1. The Balaban J connectivity index is 0.00000144. The summed E-state index contributed by atoms with van der Waals surface area (Å²) >= 11 is 0. The van der Waals surface area contributed by atoms with Gasteiger partial charge in [0.1, 0.15) is 0 Å². The van der Waals surface area contributed by atoms with Crippen LogP contribution in [0.4, 0.5) is 0 Å². The topological polar surface area (TPSA) is 40.5 Å². The van der Waals surface area contributed by atoms with Crippen LogP contribution in [0.25, 0.3) is 0 Å². The molecule has 1 heterocycles. The zero-order valence-electron chi connectivity index (χ0n) is 9.76. The Kier molecular flexibility index (Phi) is 5.45. The van der Waals surface area contributed by atoms with Gasteiger partial charge < -0.3 is 5.11 Å². The standard InChI is InChI=1S/C13H17NO2.ClH/c15-13(16)7-3-4-8-14-9-11-5-1-2-6-12(11)10-14;/h1-2,5-6H,3-4,7-10H2,(H,15,16);1H. The number of aliphatic carboxylic acids is 1. The zero-order chi connectivity index (χ0) is 11.4. The first kappa shape index (κ1) is 14.0. The number of carbonyl (C=O) groups is 1. The van der Waals surface area contributed by atoms with Crippen molar-refractivity contribution < 1.29 is 9.90 Å². The minimum Gasteiger partial charge on any atom is -0.481 e. The summed E-state index contributed by atoms with van der Waals surface area (Å²) in [5, 5.41) is 8.53. The molecule has 1 N–H and O–H groups in total. The van der Waals surface area contributed by atoms with Crippen molar-refractivity contribution in [1.29, 1.82) is 0 Å². The monoisotopic (exact) mass is 255 g/mol. The smallest absolute Gasteiger partial charge is 0.303 e. The van der Waals surface area contributed by atoms with Crippen molar-refractivity contribution >= 4 is 18.4 Å². The third kappa shape index (κ3) is 4.02. The Hall–Kier alpha value is -1.06. The lowest BCUT2D eigenvalue weighted by Gasteiger charge is -2.13. The number of unbranched alkanes of at least 4 members (excludes halogenated alkanes) is 1. The van der Waals surface area contributed by atoms with E-state index in [9.17, 15) is 4.79 Å². The highest BCUT2D eigenvalue weighted by molar-refractivity contribution is 5.85. The minimum atomic E-state index is -0.690. The predicted molar refractivity (Wildman–Crippen MR) is 69.3 cm³/mol. The van der Waals surface area contributed by atoms with Crippen molar-refractivity contribution in [3.05, 3.63) is 35.4 Å². The van der Waals surface area contributed by atoms with Gasteiger partial charge in [-0.3, -0.25) is 9.69 Å². The van der Waals surface area contributed by atoms with E-state index in [1.54, 1.807) is 0 Å². The molecule has 0 saturated heterocycles. The van der Waals surface area contributed by atoms with Gasteiger partial charge in [0.2, 0.25) is 0 Å². The van der Waals surface area contributed by atoms with E-state index >= 15 is 0 Å². The Morgan fingerprint density at radius 3 is 2.29 bits per heavy atom. The molecule has 3 nitrogen and oxygen atoms in total. The molecule has 1 aromatic carbocycles. The summed E-state index contributed by atoms with van der Waals surface area (Å²) in [5.74, 6) is -0.690. The molecular weight excluding hydrogens is 238 g/mol. The Bertz CT molecular complexity index is 356. The number of benzene rings is 1. The van der Waals surface area contributed by atoms with Crippen LogP contribution in [0.2, 0.25) is 0 Å². The molecule has 2 rings (SSSR count). The van der Waals surface area contributed by atoms with Gasteiger partial charge in [0.25, 0.3) is 0 Å². The molecule has 0 spiro atoms. The average molecular weight is 256 g/mol. The van der Waals surface area contributed by atoms with E-state index in [2.05, 4.69) is 29.2 Å². The number of halogens is 1. The normalized spacial score (nSPS) is 14.1. The van der Waals surface area contributed by atoms with E-state index in [1.165, 1.54) is 11.1 Å². The van der Waals surface area contributed by atoms with Crippen LogP contribution in [0.3, 0.4) is 0 Å². The zero-order valence-corrected chi connectivity index (χ0v) is 10.6. The number of fused-ring (bicyclic) bond motifs is 1. The SMILES string of the molecule is Cl.O=C(O)CCCCN1Cc2ccccc2C1. The molecule has 0 fully saturated rings. The summed E-state index contributed by atoms with van der Waals surface area (Å²) in [4.78, 5) is 12.7. The van der Waals surface area contributed by atoms with Crippen LogP contribution in [-0.2, 0) is 17.9 Å². The van der Waals surface area contributed by atoms with Crippen LogP contribution in [0.5, 0.6) is 0 Å². The first-order valence-corrected chi connectivity index (χ1v) is 5.76. The van der Waals surface area contributed by atoms with Crippen LogP contribution in [0, 0.1) is 0 Å². The van der Waals surface area contributed by atoms with Crippen molar-refractivity contribution in [3.63, 3.8) is 0 Å². The molecule has 0 aliphatic carbocycles. The lowest BCUT2D eigenvalue weighted by molar-refractivity contribution is -0.137. The van der Waals surface area contributed by atoms with E-state index in [0.717, 1.165) is 32.5 Å². The Morgan fingerprint density at radius 2 is 1.76 bits per heavy atom. The summed E-state index contributed by atoms with van der Waals surface area (Å²) in [6.45, 7) is 3.04. The molecule has 94 valence electrons. The molecule has 0 amide bonds. The Morgan fingerprint density at radius 1 is 1.18 bits per heavy atom. The fourth-order valence-electron chi connectivity index (χ4n) is 2.17. The molecule has 0 radical (unpaired) electrons. The summed E-state index contributed by atoms with van der Waals surface area (Å²) < 4.78 is 0. The van der Waals surface area contributed by atoms with Gasteiger partial charge in [-0.2, -0.15) is 0 Å². The maximum absolute atomic E-state index is 10.4. The van der Waals surface area contributed by atoms with Gasteiger partial charge in [0, 0.05) is 19.5 Å². The van der Waals surface area contributed by atoms with Crippen LogP contribution in [-0.4, -0.2) is 22.5 Å². The minimum absolute atomic E-state index is 0. The number of rotatable bonds is 5. The second-order valence-electron chi connectivity index (χ2n) is 4.33. The number of nitrogens with zero attached hydrogens (tertiary/aromatic N) is 1. The first-order chi connectivity index (χ1) is 7.75. The van der Waals surface area contributed by atoms with Crippen LogP contribution in [0.15, 0.2) is 24.3 Å². The highest BCUT2D eigenvalue weighted by atomic mass is 35.5. The maximum atomic E-state index is 10.4.